The van der Waals surface area contributed by atoms with Gasteiger partial charge in [0.05, 0.1) is 23.1 Å². The molecule has 1 N–H and O–H groups in total. The first-order chi connectivity index (χ1) is 18.5. The summed E-state index contributed by atoms with van der Waals surface area (Å²) < 4.78 is 59.7. The highest BCUT2D eigenvalue weighted by molar-refractivity contribution is 9.10. The van der Waals surface area contributed by atoms with Crippen molar-refractivity contribution in [1.82, 2.24) is 0 Å². The summed E-state index contributed by atoms with van der Waals surface area (Å²) in [6, 6.07) is 17.7. The highest BCUT2D eigenvalue weighted by Gasteiger charge is 2.41. The maximum atomic E-state index is 14.5. The van der Waals surface area contributed by atoms with E-state index in [2.05, 4.69) is 21.2 Å². The molecule has 3 rings (SSSR count). The third-order valence-corrected chi connectivity index (χ3v) is 6.87. The predicted octanol–water partition coefficient (Wildman–Crippen LogP) is 7.30. The summed E-state index contributed by atoms with van der Waals surface area (Å²) in [4.78, 5) is 38.6. The first-order valence-electron chi connectivity index (χ1n) is 12.1. The van der Waals surface area contributed by atoms with Gasteiger partial charge >= 0.3 is 12.1 Å². The second-order valence-electron chi connectivity index (χ2n) is 8.88. The number of hydrogen-bond donors (Lipinski definition) is 1. The fraction of sp³-hybridized carbons (Fsp3) is 0.276. The van der Waals surface area contributed by atoms with Gasteiger partial charge in [-0.2, -0.15) is 13.2 Å². The molecule has 39 heavy (non-hydrogen) atoms. The molecule has 0 heterocycles. The average molecular weight is 608 g/mol. The number of benzene rings is 3. The molecule has 0 aliphatic heterocycles. The normalized spacial score (nSPS) is 13.7. The Hall–Kier alpha value is -3.53. The van der Waals surface area contributed by atoms with Crippen LogP contribution in [0.3, 0.4) is 0 Å². The van der Waals surface area contributed by atoms with Gasteiger partial charge in [-0.15, -0.1) is 0 Å². The van der Waals surface area contributed by atoms with Crippen molar-refractivity contribution in [2.24, 2.45) is 11.8 Å². The summed E-state index contributed by atoms with van der Waals surface area (Å²) in [5.41, 5.74) is -0.292. The van der Waals surface area contributed by atoms with Gasteiger partial charge in [-0.1, -0.05) is 65.3 Å². The lowest BCUT2D eigenvalue weighted by atomic mass is 9.75. The zero-order valence-corrected chi connectivity index (χ0v) is 22.5. The smallest absolute Gasteiger partial charge is 0.416 e. The molecule has 3 aromatic rings. The topological polar surface area (TPSA) is 72.5 Å². The number of carbonyl (C=O) groups is 3. The standard InChI is InChI=1S/C29H26BrF4NO4/c1-2-22(19-8-11-21(30)12-9-19)26(28(38)39-17-18-6-4-3-5-7-18)23(14-15-36)27(37)35-25-13-10-20(16-24(25)31)29(32,33)34/h3-13,15-16,22-23,26H,2,14,17H2,1H3,(H,35,37). The number of esters is 1. The van der Waals surface area contributed by atoms with E-state index in [-0.39, 0.29) is 12.7 Å². The summed E-state index contributed by atoms with van der Waals surface area (Å²) in [6.07, 6.45) is -4.30. The quantitative estimate of drug-likeness (QED) is 0.141. The molecule has 0 aliphatic rings. The van der Waals surface area contributed by atoms with Crippen LogP contribution in [0.1, 0.15) is 42.4 Å². The third-order valence-electron chi connectivity index (χ3n) is 6.34. The molecule has 10 heteroatoms. The minimum absolute atomic E-state index is 0.0735. The SMILES string of the molecule is CCC(c1ccc(Br)cc1)C(C(=O)OCc1ccccc1)C(CC=O)C(=O)Nc1ccc(C(F)(F)F)cc1F. The number of halogens is 5. The minimum atomic E-state index is -4.77. The van der Waals surface area contributed by atoms with Crippen LogP contribution < -0.4 is 5.32 Å². The van der Waals surface area contributed by atoms with Gasteiger partial charge in [0.15, 0.2) is 0 Å². The molecule has 0 saturated carbocycles. The van der Waals surface area contributed by atoms with Crippen LogP contribution in [0.15, 0.2) is 77.3 Å². The van der Waals surface area contributed by atoms with Crippen molar-refractivity contribution < 1.29 is 36.7 Å². The van der Waals surface area contributed by atoms with Crippen LogP contribution in [-0.2, 0) is 31.9 Å². The van der Waals surface area contributed by atoms with E-state index in [0.29, 0.717) is 29.9 Å². The van der Waals surface area contributed by atoms with E-state index in [1.54, 1.807) is 54.6 Å². The van der Waals surface area contributed by atoms with Crippen molar-refractivity contribution in [2.45, 2.75) is 38.5 Å². The van der Waals surface area contributed by atoms with E-state index >= 15 is 0 Å². The van der Waals surface area contributed by atoms with E-state index in [1.165, 1.54) is 0 Å². The fourth-order valence-corrected chi connectivity index (χ4v) is 4.64. The molecule has 0 aliphatic carbocycles. The average Bonchev–Trinajstić information content (AvgIpc) is 2.91. The van der Waals surface area contributed by atoms with Gasteiger partial charge in [0.1, 0.15) is 18.7 Å². The number of amides is 1. The third kappa shape index (κ3) is 7.98. The van der Waals surface area contributed by atoms with Crippen molar-refractivity contribution in [3.63, 3.8) is 0 Å². The number of hydrogen-bond acceptors (Lipinski definition) is 4. The molecule has 0 fully saturated rings. The lowest BCUT2D eigenvalue weighted by Gasteiger charge is -2.31. The van der Waals surface area contributed by atoms with Crippen molar-refractivity contribution in [1.29, 1.82) is 0 Å². The number of nitrogens with one attached hydrogen (secondary N) is 1. The Morgan fingerprint density at radius 3 is 2.26 bits per heavy atom. The number of alkyl halides is 3. The summed E-state index contributed by atoms with van der Waals surface area (Å²) in [6.45, 7) is 1.74. The highest BCUT2D eigenvalue weighted by Crippen LogP contribution is 2.37. The van der Waals surface area contributed by atoms with Crippen LogP contribution in [0.25, 0.3) is 0 Å². The van der Waals surface area contributed by atoms with Crippen LogP contribution >= 0.6 is 15.9 Å². The van der Waals surface area contributed by atoms with E-state index in [9.17, 15) is 31.9 Å². The largest absolute Gasteiger partial charge is 0.461 e. The van der Waals surface area contributed by atoms with E-state index in [1.807, 2.05) is 6.92 Å². The molecule has 0 bridgehead atoms. The molecule has 1 amide bonds. The molecule has 3 unspecified atom stereocenters. The van der Waals surface area contributed by atoms with E-state index in [4.69, 9.17) is 4.74 Å². The van der Waals surface area contributed by atoms with Gasteiger partial charge in [0.2, 0.25) is 5.91 Å². The van der Waals surface area contributed by atoms with Gasteiger partial charge in [-0.05, 0) is 53.8 Å². The summed E-state index contributed by atoms with van der Waals surface area (Å²) in [7, 11) is 0. The first-order valence-corrected chi connectivity index (χ1v) is 12.9. The minimum Gasteiger partial charge on any atom is -0.461 e. The lowest BCUT2D eigenvalue weighted by Crippen LogP contribution is -2.39. The first kappa shape index (κ1) is 30.0. The number of ether oxygens (including phenoxy) is 1. The zero-order valence-electron chi connectivity index (χ0n) is 20.9. The van der Waals surface area contributed by atoms with Crippen LogP contribution in [0.2, 0.25) is 0 Å². The number of anilines is 1. The van der Waals surface area contributed by atoms with Gasteiger partial charge in [-0.3, -0.25) is 9.59 Å². The van der Waals surface area contributed by atoms with Crippen molar-refractivity contribution in [3.05, 3.63) is 99.8 Å². The summed E-state index contributed by atoms with van der Waals surface area (Å²) in [5, 5.41) is 2.27. The number of rotatable bonds is 11. The molecular weight excluding hydrogens is 582 g/mol. The Morgan fingerprint density at radius 1 is 1.03 bits per heavy atom. The fourth-order valence-electron chi connectivity index (χ4n) is 4.38. The molecule has 0 aromatic heterocycles. The van der Waals surface area contributed by atoms with Crippen LogP contribution in [0.4, 0.5) is 23.2 Å². The maximum Gasteiger partial charge on any atom is 0.416 e. The zero-order chi connectivity index (χ0) is 28.6. The second-order valence-corrected chi connectivity index (χ2v) is 9.79. The van der Waals surface area contributed by atoms with Crippen molar-refractivity contribution in [2.75, 3.05) is 5.32 Å². The molecule has 0 saturated heterocycles. The van der Waals surface area contributed by atoms with E-state index in [0.717, 1.165) is 10.5 Å². The Labute approximate surface area is 231 Å². The molecule has 0 spiro atoms. The summed E-state index contributed by atoms with van der Waals surface area (Å²) in [5.74, 6) is -5.93. The highest BCUT2D eigenvalue weighted by atomic mass is 79.9. The molecular formula is C29H26BrF4NO4. The lowest BCUT2D eigenvalue weighted by molar-refractivity contribution is -0.155. The van der Waals surface area contributed by atoms with E-state index < -0.39 is 59.3 Å². The molecule has 206 valence electrons. The second kappa shape index (κ2) is 13.5. The van der Waals surface area contributed by atoms with Crippen LogP contribution in [0, 0.1) is 17.7 Å². The Bertz CT molecular complexity index is 1280. The number of aldehydes is 1. The molecule has 5 nitrogen and oxygen atoms in total. The van der Waals surface area contributed by atoms with Crippen molar-refractivity contribution in [3.8, 4) is 0 Å². The maximum absolute atomic E-state index is 14.5. The van der Waals surface area contributed by atoms with Crippen LogP contribution in [-0.4, -0.2) is 18.2 Å². The Kier molecular flexibility index (Phi) is 10.4. The molecule has 3 aromatic carbocycles. The van der Waals surface area contributed by atoms with Gasteiger partial charge in [-0.25, -0.2) is 4.39 Å². The van der Waals surface area contributed by atoms with Gasteiger partial charge in [0.25, 0.3) is 0 Å². The molecule has 0 radical (unpaired) electrons. The monoisotopic (exact) mass is 607 g/mol. The predicted molar refractivity (Wildman–Crippen MR) is 141 cm³/mol. The van der Waals surface area contributed by atoms with Crippen molar-refractivity contribution >= 4 is 39.8 Å². The van der Waals surface area contributed by atoms with Gasteiger partial charge < -0.3 is 14.8 Å². The Balaban J connectivity index is 1.96. The summed E-state index contributed by atoms with van der Waals surface area (Å²) >= 11 is 3.36. The molecule has 3 atom stereocenters. The van der Waals surface area contributed by atoms with Crippen LogP contribution in [0.5, 0.6) is 0 Å². The Morgan fingerprint density at radius 2 is 1.69 bits per heavy atom. The number of carbonyl (C=O) groups excluding carboxylic acids is 3. The van der Waals surface area contributed by atoms with Gasteiger partial charge in [0, 0.05) is 10.9 Å².